The average molecular weight is 299 g/mol. The molecule has 1 fully saturated rings. The van der Waals surface area contributed by atoms with Crippen LogP contribution in [0.2, 0.25) is 0 Å². The highest BCUT2D eigenvalue weighted by Crippen LogP contribution is 2.24. The number of ether oxygens (including phenoxy) is 1. The minimum atomic E-state index is 0.641. The van der Waals surface area contributed by atoms with E-state index >= 15 is 0 Å². The Balaban J connectivity index is 1.55. The Morgan fingerprint density at radius 2 is 2.00 bits per heavy atom. The predicted molar refractivity (Wildman–Crippen MR) is 88.9 cm³/mol. The van der Waals surface area contributed by atoms with Crippen molar-refractivity contribution in [2.45, 2.75) is 38.5 Å². The molecule has 0 atom stereocenters. The zero-order valence-corrected chi connectivity index (χ0v) is 13.0. The summed E-state index contributed by atoms with van der Waals surface area (Å²) in [6.45, 7) is 5.43. The molecule has 1 aliphatic carbocycles. The van der Waals surface area contributed by atoms with Gasteiger partial charge in [-0.05, 0) is 43.0 Å². The van der Waals surface area contributed by atoms with E-state index in [4.69, 9.17) is 4.74 Å². The summed E-state index contributed by atoms with van der Waals surface area (Å²) in [6.07, 6.45) is 5.43. The summed E-state index contributed by atoms with van der Waals surface area (Å²) in [5, 5.41) is 3.54. The largest absolute Gasteiger partial charge is 0.488 e. The van der Waals surface area contributed by atoms with Crippen LogP contribution in [0.1, 0.15) is 28.2 Å². The fraction of sp³-hybridized carbons (Fsp3) is 0.333. The number of nitrogens with one attached hydrogen (secondary N) is 1. The Morgan fingerprint density at radius 3 is 2.81 bits per heavy atom. The lowest BCUT2D eigenvalue weighted by Crippen LogP contribution is -2.14. The Labute approximate surface area is 130 Å². The predicted octanol–water partition coefficient (Wildman–Crippen LogP) is 4.31. The van der Waals surface area contributed by atoms with Gasteiger partial charge in [-0.15, -0.1) is 17.9 Å². The molecule has 3 heteroatoms. The highest BCUT2D eigenvalue weighted by Gasteiger charge is 2.20. The zero-order chi connectivity index (χ0) is 14.5. The minimum absolute atomic E-state index is 0.641. The summed E-state index contributed by atoms with van der Waals surface area (Å²) in [7, 11) is 0. The van der Waals surface area contributed by atoms with Crippen LogP contribution in [0.5, 0.6) is 5.75 Å². The van der Waals surface area contributed by atoms with Crippen molar-refractivity contribution in [1.29, 1.82) is 0 Å². The van der Waals surface area contributed by atoms with E-state index in [1.807, 2.05) is 35.6 Å². The lowest BCUT2D eigenvalue weighted by Gasteiger charge is -2.09. The molecule has 0 radical (unpaired) electrons. The van der Waals surface area contributed by atoms with Gasteiger partial charge in [0.2, 0.25) is 0 Å². The van der Waals surface area contributed by atoms with Crippen molar-refractivity contribution in [2.24, 2.45) is 0 Å². The Morgan fingerprint density at radius 1 is 1.19 bits per heavy atom. The molecule has 2 nitrogen and oxygen atoms in total. The fourth-order valence-electron chi connectivity index (χ4n) is 2.24. The van der Waals surface area contributed by atoms with E-state index in [0.29, 0.717) is 6.61 Å². The molecule has 1 aliphatic rings. The molecule has 1 saturated carbocycles. The van der Waals surface area contributed by atoms with Gasteiger partial charge in [-0.2, -0.15) is 0 Å². The van der Waals surface area contributed by atoms with E-state index in [1.165, 1.54) is 28.2 Å². The third-order valence-corrected chi connectivity index (χ3v) is 4.63. The summed E-state index contributed by atoms with van der Waals surface area (Å²) in [5.74, 6) is 0.962. The monoisotopic (exact) mass is 299 g/mol. The van der Waals surface area contributed by atoms with Gasteiger partial charge in [0.1, 0.15) is 12.4 Å². The molecule has 21 heavy (non-hydrogen) atoms. The summed E-state index contributed by atoms with van der Waals surface area (Å²) < 4.78 is 5.97. The molecule has 0 bridgehead atoms. The van der Waals surface area contributed by atoms with Gasteiger partial charge in [0, 0.05) is 22.3 Å². The van der Waals surface area contributed by atoms with Gasteiger partial charge >= 0.3 is 0 Å². The first-order valence-corrected chi connectivity index (χ1v) is 8.29. The maximum atomic E-state index is 5.97. The first-order valence-electron chi connectivity index (χ1n) is 7.47. The molecular formula is C18H21NOS. The number of benzene rings is 1. The van der Waals surface area contributed by atoms with Gasteiger partial charge in [0.25, 0.3) is 0 Å². The van der Waals surface area contributed by atoms with Crippen LogP contribution in [0.25, 0.3) is 0 Å². The third-order valence-electron chi connectivity index (χ3n) is 3.57. The molecule has 1 N–H and O–H groups in total. The fourth-order valence-corrected chi connectivity index (χ4v) is 3.13. The summed E-state index contributed by atoms with van der Waals surface area (Å²) in [5.41, 5.74) is 1.19. The van der Waals surface area contributed by atoms with Crippen LogP contribution in [0.4, 0.5) is 0 Å². The van der Waals surface area contributed by atoms with Gasteiger partial charge in [0.05, 0.1) is 0 Å². The zero-order valence-electron chi connectivity index (χ0n) is 12.2. The van der Waals surface area contributed by atoms with Gasteiger partial charge in [-0.25, -0.2) is 0 Å². The first kappa shape index (κ1) is 14.4. The molecule has 0 spiro atoms. The molecular weight excluding hydrogens is 278 g/mol. The maximum Gasteiger partial charge on any atom is 0.123 e. The molecule has 0 unspecified atom stereocenters. The van der Waals surface area contributed by atoms with Crippen LogP contribution in [0.3, 0.4) is 0 Å². The average Bonchev–Trinajstić information content (AvgIpc) is 3.23. The van der Waals surface area contributed by atoms with E-state index < -0.39 is 0 Å². The van der Waals surface area contributed by atoms with Crippen LogP contribution in [-0.2, 0) is 19.6 Å². The van der Waals surface area contributed by atoms with Crippen molar-refractivity contribution in [1.82, 2.24) is 5.32 Å². The van der Waals surface area contributed by atoms with E-state index in [9.17, 15) is 0 Å². The van der Waals surface area contributed by atoms with Crippen molar-refractivity contribution >= 4 is 11.3 Å². The molecule has 0 saturated heterocycles. The quantitative estimate of drug-likeness (QED) is 0.733. The third kappa shape index (κ3) is 4.19. The van der Waals surface area contributed by atoms with Gasteiger partial charge in [0.15, 0.2) is 0 Å². The number of hydrogen-bond donors (Lipinski definition) is 1. The number of rotatable bonds is 8. The molecule has 0 amide bonds. The van der Waals surface area contributed by atoms with Crippen molar-refractivity contribution < 1.29 is 4.74 Å². The molecule has 1 heterocycles. The second-order valence-electron chi connectivity index (χ2n) is 5.41. The van der Waals surface area contributed by atoms with Crippen molar-refractivity contribution in [3.63, 3.8) is 0 Å². The van der Waals surface area contributed by atoms with Gasteiger partial charge in [-0.3, -0.25) is 0 Å². The highest BCUT2D eigenvalue weighted by molar-refractivity contribution is 7.11. The summed E-state index contributed by atoms with van der Waals surface area (Å²) >= 11 is 1.83. The molecule has 2 aromatic rings. The second-order valence-corrected chi connectivity index (χ2v) is 6.67. The lowest BCUT2D eigenvalue weighted by molar-refractivity contribution is 0.307. The second kappa shape index (κ2) is 6.92. The van der Waals surface area contributed by atoms with Crippen LogP contribution in [0.15, 0.2) is 49.1 Å². The van der Waals surface area contributed by atoms with E-state index in [2.05, 4.69) is 30.1 Å². The Hall–Kier alpha value is -1.58. The normalized spacial score (nSPS) is 14.1. The maximum absolute atomic E-state index is 5.97. The molecule has 3 rings (SSSR count). The lowest BCUT2D eigenvalue weighted by atomic mass is 10.1. The Bertz CT molecular complexity index is 601. The molecule has 110 valence electrons. The summed E-state index contributed by atoms with van der Waals surface area (Å²) in [6, 6.07) is 13.3. The SMILES string of the molecule is C=CCc1ccccc1OCc1ccc(CNC2CC2)s1. The summed E-state index contributed by atoms with van der Waals surface area (Å²) in [4.78, 5) is 2.66. The van der Waals surface area contributed by atoms with E-state index in [1.54, 1.807) is 0 Å². The number of thiophene rings is 1. The van der Waals surface area contributed by atoms with Gasteiger partial charge < -0.3 is 10.1 Å². The van der Waals surface area contributed by atoms with Crippen LogP contribution >= 0.6 is 11.3 Å². The number of para-hydroxylation sites is 1. The van der Waals surface area contributed by atoms with E-state index in [-0.39, 0.29) is 0 Å². The first-order chi connectivity index (χ1) is 10.3. The number of hydrogen-bond acceptors (Lipinski definition) is 3. The van der Waals surface area contributed by atoms with Crippen molar-refractivity contribution in [3.8, 4) is 5.75 Å². The van der Waals surface area contributed by atoms with E-state index in [0.717, 1.165) is 24.8 Å². The van der Waals surface area contributed by atoms with Crippen LogP contribution in [-0.4, -0.2) is 6.04 Å². The van der Waals surface area contributed by atoms with Crippen LogP contribution in [0, 0.1) is 0 Å². The van der Waals surface area contributed by atoms with Crippen molar-refractivity contribution in [2.75, 3.05) is 0 Å². The number of allylic oxidation sites excluding steroid dienone is 1. The minimum Gasteiger partial charge on any atom is -0.488 e. The smallest absolute Gasteiger partial charge is 0.123 e. The molecule has 1 aromatic heterocycles. The topological polar surface area (TPSA) is 21.3 Å². The van der Waals surface area contributed by atoms with Crippen LogP contribution < -0.4 is 10.1 Å². The molecule has 0 aliphatic heterocycles. The Kier molecular flexibility index (Phi) is 4.73. The highest BCUT2D eigenvalue weighted by atomic mass is 32.1. The van der Waals surface area contributed by atoms with Gasteiger partial charge in [-0.1, -0.05) is 24.3 Å². The molecule has 1 aromatic carbocycles. The standard InChI is InChI=1S/C18H21NOS/c1-2-5-14-6-3-4-7-18(14)20-13-17-11-10-16(21-17)12-19-15-8-9-15/h2-4,6-7,10-11,15,19H,1,5,8-9,12-13H2. The van der Waals surface area contributed by atoms with Crippen molar-refractivity contribution in [3.05, 3.63) is 64.4 Å².